The van der Waals surface area contributed by atoms with E-state index in [4.69, 9.17) is 4.74 Å². The van der Waals surface area contributed by atoms with Gasteiger partial charge in [0.25, 0.3) is 11.7 Å². The Morgan fingerprint density at radius 3 is 2.24 bits per heavy atom. The van der Waals surface area contributed by atoms with E-state index in [0.717, 1.165) is 43.0 Å². The third-order valence-electron chi connectivity index (χ3n) is 7.16. The van der Waals surface area contributed by atoms with Crippen LogP contribution in [0, 0.1) is 6.92 Å². The summed E-state index contributed by atoms with van der Waals surface area (Å²) in [7, 11) is 3.62. The number of hydrogen-bond acceptors (Lipinski definition) is 6. The zero-order valence-electron chi connectivity index (χ0n) is 21.3. The molecule has 3 aromatic rings. The highest BCUT2D eigenvalue weighted by atomic mass is 16.5. The van der Waals surface area contributed by atoms with E-state index in [-0.39, 0.29) is 11.3 Å². The normalized spacial score (nSPS) is 19.9. The van der Waals surface area contributed by atoms with Crippen molar-refractivity contribution in [3.63, 3.8) is 0 Å². The van der Waals surface area contributed by atoms with Gasteiger partial charge < -0.3 is 19.6 Å². The number of Topliss-reactive ketones (excluding diaryl/α,β-unsaturated/α-hetero) is 1. The lowest BCUT2D eigenvalue weighted by Crippen LogP contribution is -2.44. The number of aliphatic hydroxyl groups excluding tert-OH is 1. The average Bonchev–Trinajstić information content (AvgIpc) is 3.19. The number of methoxy groups -OCH3 is 1. The van der Waals surface area contributed by atoms with E-state index in [0.29, 0.717) is 17.0 Å². The van der Waals surface area contributed by atoms with Crippen molar-refractivity contribution in [1.82, 2.24) is 4.90 Å². The highest BCUT2D eigenvalue weighted by Gasteiger charge is 2.47. The molecule has 7 heteroatoms. The molecule has 2 heterocycles. The Morgan fingerprint density at radius 2 is 1.57 bits per heavy atom. The summed E-state index contributed by atoms with van der Waals surface area (Å²) >= 11 is 0. The Hall–Kier alpha value is -4.10. The highest BCUT2D eigenvalue weighted by molar-refractivity contribution is 6.51. The molecule has 2 fully saturated rings. The molecule has 1 atom stereocenters. The summed E-state index contributed by atoms with van der Waals surface area (Å²) in [5, 5.41) is 11.4. The molecule has 5 rings (SSSR count). The first-order valence-corrected chi connectivity index (χ1v) is 12.4. The number of ketones is 1. The fraction of sp³-hybridized carbons (Fsp3) is 0.267. The first-order chi connectivity index (χ1) is 17.9. The van der Waals surface area contributed by atoms with Crippen LogP contribution in [0.5, 0.6) is 5.75 Å². The first-order valence-electron chi connectivity index (χ1n) is 12.4. The highest BCUT2D eigenvalue weighted by Crippen LogP contribution is 2.43. The molecule has 1 N–H and O–H groups in total. The number of piperazine rings is 1. The zero-order chi connectivity index (χ0) is 26.1. The number of nitrogens with zero attached hydrogens (tertiary/aromatic N) is 3. The fourth-order valence-corrected chi connectivity index (χ4v) is 5.13. The van der Waals surface area contributed by atoms with E-state index in [1.165, 1.54) is 12.0 Å². The molecule has 2 aliphatic heterocycles. The van der Waals surface area contributed by atoms with Crippen LogP contribution in [0.3, 0.4) is 0 Å². The number of carbonyl (C=O) groups is 2. The Labute approximate surface area is 217 Å². The molecule has 0 saturated carbocycles. The summed E-state index contributed by atoms with van der Waals surface area (Å²) in [4.78, 5) is 33.0. The van der Waals surface area contributed by atoms with Crippen LogP contribution in [-0.2, 0) is 9.59 Å². The molecule has 0 aromatic heterocycles. The van der Waals surface area contributed by atoms with Gasteiger partial charge in [0.1, 0.15) is 11.5 Å². The van der Waals surface area contributed by atoms with E-state index in [2.05, 4.69) is 16.8 Å². The molecule has 0 spiro atoms. The van der Waals surface area contributed by atoms with Crippen LogP contribution in [0.1, 0.15) is 22.7 Å². The third-order valence-corrected chi connectivity index (χ3v) is 7.16. The van der Waals surface area contributed by atoms with Crippen LogP contribution in [0.4, 0.5) is 11.4 Å². The summed E-state index contributed by atoms with van der Waals surface area (Å²) in [6.45, 7) is 5.81. The van der Waals surface area contributed by atoms with Gasteiger partial charge in [-0.25, -0.2) is 0 Å². The smallest absolute Gasteiger partial charge is 0.300 e. The number of carbonyl (C=O) groups excluding carboxylic acids is 2. The van der Waals surface area contributed by atoms with Gasteiger partial charge >= 0.3 is 0 Å². The van der Waals surface area contributed by atoms with Crippen molar-refractivity contribution in [3.8, 4) is 5.75 Å². The fourth-order valence-electron chi connectivity index (χ4n) is 5.13. The van der Waals surface area contributed by atoms with E-state index in [1.54, 1.807) is 24.3 Å². The van der Waals surface area contributed by atoms with Gasteiger partial charge in [0.15, 0.2) is 0 Å². The molecule has 7 nitrogen and oxygen atoms in total. The number of aliphatic hydroxyl groups is 1. The number of anilines is 2. The molecule has 37 heavy (non-hydrogen) atoms. The maximum absolute atomic E-state index is 13.5. The first kappa shape index (κ1) is 24.6. The Bertz CT molecular complexity index is 1360. The number of likely N-dealkylation sites (N-methyl/N-ethyl adjacent to an activating group) is 1. The summed E-state index contributed by atoms with van der Waals surface area (Å²) in [6.07, 6.45) is 0. The third kappa shape index (κ3) is 4.58. The summed E-state index contributed by atoms with van der Waals surface area (Å²) in [6, 6.07) is 21.6. The van der Waals surface area contributed by atoms with Crippen LogP contribution in [0.2, 0.25) is 0 Å². The van der Waals surface area contributed by atoms with Gasteiger partial charge in [-0.1, -0.05) is 42.0 Å². The Morgan fingerprint density at radius 1 is 0.892 bits per heavy atom. The van der Waals surface area contributed by atoms with Crippen LogP contribution < -0.4 is 14.5 Å². The van der Waals surface area contributed by atoms with Crippen molar-refractivity contribution in [1.29, 1.82) is 0 Å². The lowest BCUT2D eigenvalue weighted by atomic mass is 9.94. The minimum Gasteiger partial charge on any atom is -0.507 e. The number of aryl methyl sites for hydroxylation is 1. The molecule has 3 aromatic carbocycles. The minimum atomic E-state index is -0.778. The lowest BCUT2D eigenvalue weighted by Gasteiger charge is -2.34. The maximum atomic E-state index is 13.5. The van der Waals surface area contributed by atoms with Crippen molar-refractivity contribution in [2.75, 3.05) is 50.1 Å². The summed E-state index contributed by atoms with van der Waals surface area (Å²) in [5.41, 5.74) is 3.83. The molecule has 2 saturated heterocycles. The van der Waals surface area contributed by atoms with E-state index in [9.17, 15) is 14.7 Å². The van der Waals surface area contributed by atoms with E-state index in [1.807, 2.05) is 55.5 Å². The SMILES string of the molecule is COc1ccccc1/C(O)=C1\C(=O)C(=O)N(c2ccc(N3CCN(C)CC3)cc2)C1c1cccc(C)c1. The Kier molecular flexibility index (Phi) is 6.72. The predicted octanol–water partition coefficient (Wildman–Crippen LogP) is 4.38. The maximum Gasteiger partial charge on any atom is 0.300 e. The zero-order valence-corrected chi connectivity index (χ0v) is 21.3. The largest absolute Gasteiger partial charge is 0.507 e. The van der Waals surface area contributed by atoms with Crippen LogP contribution >= 0.6 is 0 Å². The standard InChI is InChI=1S/C30H31N3O4/c1-20-7-6-8-21(19-20)27-26(28(34)24-9-4-5-10-25(24)37-3)29(35)30(36)33(27)23-13-11-22(12-14-23)32-17-15-31(2)16-18-32/h4-14,19,27,34H,15-18H2,1-3H3/b28-26+. The summed E-state index contributed by atoms with van der Waals surface area (Å²) < 4.78 is 5.43. The van der Waals surface area contributed by atoms with Gasteiger partial charge in [-0.15, -0.1) is 0 Å². The van der Waals surface area contributed by atoms with Gasteiger partial charge in [0, 0.05) is 37.6 Å². The quantitative estimate of drug-likeness (QED) is 0.320. The van der Waals surface area contributed by atoms with Gasteiger partial charge in [0.2, 0.25) is 0 Å². The molecule has 0 radical (unpaired) electrons. The average molecular weight is 498 g/mol. The van der Waals surface area contributed by atoms with E-state index >= 15 is 0 Å². The molecule has 190 valence electrons. The topological polar surface area (TPSA) is 73.3 Å². The number of hydrogen-bond donors (Lipinski definition) is 1. The van der Waals surface area contributed by atoms with Gasteiger partial charge in [-0.2, -0.15) is 0 Å². The Balaban J connectivity index is 1.60. The monoisotopic (exact) mass is 497 g/mol. The van der Waals surface area contributed by atoms with Gasteiger partial charge in [-0.05, 0) is 55.9 Å². The molecule has 1 unspecified atom stereocenters. The van der Waals surface area contributed by atoms with Crippen LogP contribution in [0.25, 0.3) is 5.76 Å². The second kappa shape index (κ2) is 10.1. The van der Waals surface area contributed by atoms with Crippen molar-refractivity contribution in [3.05, 3.63) is 95.1 Å². The second-order valence-electron chi connectivity index (χ2n) is 9.59. The molecule has 0 aliphatic carbocycles. The number of amides is 1. The number of rotatable bonds is 5. The van der Waals surface area contributed by atoms with Crippen LogP contribution in [0.15, 0.2) is 78.4 Å². The molecule has 1 amide bonds. The molecular weight excluding hydrogens is 466 g/mol. The molecular formula is C30H31N3O4. The number of benzene rings is 3. The number of ether oxygens (including phenoxy) is 1. The van der Waals surface area contributed by atoms with Crippen molar-refractivity contribution in [2.24, 2.45) is 0 Å². The second-order valence-corrected chi connectivity index (χ2v) is 9.59. The van der Waals surface area contributed by atoms with E-state index < -0.39 is 17.7 Å². The van der Waals surface area contributed by atoms with Crippen LogP contribution in [-0.4, -0.2) is 62.0 Å². The molecule has 2 aliphatic rings. The summed E-state index contributed by atoms with van der Waals surface area (Å²) in [5.74, 6) is -1.22. The predicted molar refractivity (Wildman–Crippen MR) is 145 cm³/mol. The van der Waals surface area contributed by atoms with Gasteiger partial charge in [0.05, 0.1) is 24.3 Å². The van der Waals surface area contributed by atoms with Crippen molar-refractivity contribution >= 4 is 28.8 Å². The minimum absolute atomic E-state index is 0.0447. The van der Waals surface area contributed by atoms with Gasteiger partial charge in [-0.3, -0.25) is 14.5 Å². The van der Waals surface area contributed by atoms with Crippen molar-refractivity contribution in [2.45, 2.75) is 13.0 Å². The lowest BCUT2D eigenvalue weighted by molar-refractivity contribution is -0.132. The number of para-hydroxylation sites is 1. The van der Waals surface area contributed by atoms with Crippen molar-refractivity contribution < 1.29 is 19.4 Å². The molecule has 0 bridgehead atoms.